The van der Waals surface area contributed by atoms with Gasteiger partial charge in [0.05, 0.1) is 17.1 Å². The van der Waals surface area contributed by atoms with Crippen LogP contribution in [0.2, 0.25) is 0 Å². The summed E-state index contributed by atoms with van der Waals surface area (Å²) in [5, 5.41) is 6.43. The molecule has 0 saturated heterocycles. The molecule has 0 radical (unpaired) electrons. The van der Waals surface area contributed by atoms with Gasteiger partial charge in [-0.3, -0.25) is 4.79 Å². The Morgan fingerprint density at radius 2 is 1.88 bits per heavy atom. The fourth-order valence-corrected chi connectivity index (χ4v) is 4.55. The van der Waals surface area contributed by atoms with Crippen LogP contribution in [0.25, 0.3) is 21.8 Å². The van der Waals surface area contributed by atoms with Gasteiger partial charge < -0.3 is 4.57 Å². The first kappa shape index (κ1) is 23.4. The van der Waals surface area contributed by atoms with Gasteiger partial charge in [-0.2, -0.15) is 9.78 Å². The molecule has 2 aromatic heterocycles. The van der Waals surface area contributed by atoms with Crippen LogP contribution >= 0.6 is 15.9 Å². The Balaban J connectivity index is 1.93. The smallest absolute Gasteiger partial charge is 0.282 e. The summed E-state index contributed by atoms with van der Waals surface area (Å²) in [6, 6.07) is 14.0. The van der Waals surface area contributed by atoms with Gasteiger partial charge in [-0.1, -0.05) is 68.7 Å². The zero-order chi connectivity index (χ0) is 23.9. The molecule has 1 atom stereocenters. The largest absolute Gasteiger partial charge is 0.344 e. The first-order valence-corrected chi connectivity index (χ1v) is 12.2. The molecule has 0 fully saturated rings. The van der Waals surface area contributed by atoms with Crippen molar-refractivity contribution in [3.8, 4) is 0 Å². The quantitative estimate of drug-likeness (QED) is 0.277. The van der Waals surface area contributed by atoms with E-state index in [1.807, 2.05) is 30.5 Å². The fraction of sp³-hybridized carbons (Fsp3) is 0.370. The van der Waals surface area contributed by atoms with E-state index in [2.05, 4.69) is 80.2 Å². The zero-order valence-corrected chi connectivity index (χ0v) is 21.8. The highest BCUT2D eigenvalue weighted by Crippen LogP contribution is 2.29. The van der Waals surface area contributed by atoms with Crippen molar-refractivity contribution in [2.24, 2.45) is 10.5 Å². The first-order valence-electron chi connectivity index (χ1n) is 11.4. The molecule has 0 saturated carbocycles. The maximum atomic E-state index is 13.5. The molecule has 172 valence electrons. The maximum Gasteiger partial charge on any atom is 0.282 e. The van der Waals surface area contributed by atoms with Crippen molar-refractivity contribution < 1.29 is 0 Å². The third-order valence-electron chi connectivity index (χ3n) is 6.10. The Labute approximate surface area is 203 Å². The minimum Gasteiger partial charge on any atom is -0.344 e. The summed E-state index contributed by atoms with van der Waals surface area (Å²) in [4.78, 5) is 18.3. The van der Waals surface area contributed by atoms with Gasteiger partial charge in [-0.15, -0.1) is 0 Å². The molecular formula is C27H31BrN4O. The second kappa shape index (κ2) is 8.90. The molecule has 0 aliphatic rings. The summed E-state index contributed by atoms with van der Waals surface area (Å²) in [5.74, 6) is 0.788. The van der Waals surface area contributed by atoms with E-state index < -0.39 is 0 Å². The van der Waals surface area contributed by atoms with Crippen LogP contribution in [0.4, 0.5) is 0 Å². The monoisotopic (exact) mass is 506 g/mol. The van der Waals surface area contributed by atoms with E-state index >= 15 is 0 Å². The second-order valence-corrected chi connectivity index (χ2v) is 10.9. The highest BCUT2D eigenvalue weighted by atomic mass is 79.9. The van der Waals surface area contributed by atoms with Crippen LogP contribution in [0, 0.1) is 12.3 Å². The fourth-order valence-electron chi connectivity index (χ4n) is 4.19. The highest BCUT2D eigenvalue weighted by Gasteiger charge is 2.19. The first-order chi connectivity index (χ1) is 15.6. The van der Waals surface area contributed by atoms with Crippen LogP contribution in [0.5, 0.6) is 0 Å². The lowest BCUT2D eigenvalue weighted by Crippen LogP contribution is -2.23. The summed E-state index contributed by atoms with van der Waals surface area (Å²) in [7, 11) is 0. The summed E-state index contributed by atoms with van der Waals surface area (Å²) in [6.07, 6.45) is 2.70. The van der Waals surface area contributed by atoms with E-state index in [9.17, 15) is 4.79 Å². The van der Waals surface area contributed by atoms with Crippen molar-refractivity contribution in [2.45, 2.75) is 60.4 Å². The van der Waals surface area contributed by atoms with Gasteiger partial charge in [0.25, 0.3) is 5.56 Å². The van der Waals surface area contributed by atoms with Crippen LogP contribution in [-0.2, 0) is 6.54 Å². The molecular weight excluding hydrogens is 476 g/mol. The number of benzene rings is 2. The molecule has 0 N–H and O–H groups in total. The maximum absolute atomic E-state index is 13.5. The Morgan fingerprint density at radius 1 is 1.15 bits per heavy atom. The molecule has 0 amide bonds. The molecule has 0 aliphatic carbocycles. The van der Waals surface area contributed by atoms with Gasteiger partial charge in [0, 0.05) is 39.1 Å². The van der Waals surface area contributed by atoms with Gasteiger partial charge in [0.1, 0.15) is 5.82 Å². The van der Waals surface area contributed by atoms with Crippen LogP contribution < -0.4 is 5.56 Å². The summed E-state index contributed by atoms with van der Waals surface area (Å²) in [6.45, 7) is 13.9. The van der Waals surface area contributed by atoms with E-state index in [0.717, 1.165) is 34.1 Å². The average Bonchev–Trinajstić information content (AvgIpc) is 3.02. The molecule has 2 aromatic carbocycles. The molecule has 33 heavy (non-hydrogen) atoms. The van der Waals surface area contributed by atoms with Gasteiger partial charge in [0.15, 0.2) is 0 Å². The van der Waals surface area contributed by atoms with Crippen molar-refractivity contribution in [3.63, 3.8) is 0 Å². The number of hydrogen-bond donors (Lipinski definition) is 0. The number of fused-ring (bicyclic) bond motifs is 2. The molecule has 6 heteroatoms. The molecule has 0 bridgehead atoms. The Kier molecular flexibility index (Phi) is 6.32. The third kappa shape index (κ3) is 4.54. The van der Waals surface area contributed by atoms with Crippen LogP contribution in [0.3, 0.4) is 0 Å². The summed E-state index contributed by atoms with van der Waals surface area (Å²) >= 11 is 3.47. The van der Waals surface area contributed by atoms with Gasteiger partial charge in [-0.25, -0.2) is 4.98 Å². The molecule has 0 unspecified atom stereocenters. The zero-order valence-electron chi connectivity index (χ0n) is 20.2. The Bertz CT molecular complexity index is 1420. The Hall–Kier alpha value is -2.73. The van der Waals surface area contributed by atoms with Crippen LogP contribution in [-0.4, -0.2) is 20.4 Å². The van der Waals surface area contributed by atoms with E-state index in [4.69, 9.17) is 10.1 Å². The van der Waals surface area contributed by atoms with Gasteiger partial charge >= 0.3 is 0 Å². The molecule has 4 rings (SSSR count). The van der Waals surface area contributed by atoms with E-state index in [1.54, 1.807) is 0 Å². The van der Waals surface area contributed by atoms with E-state index in [-0.39, 0.29) is 16.9 Å². The molecule has 5 nitrogen and oxygen atoms in total. The minimum atomic E-state index is -0.149. The van der Waals surface area contributed by atoms with Gasteiger partial charge in [0.2, 0.25) is 0 Å². The molecule has 2 heterocycles. The van der Waals surface area contributed by atoms with Crippen molar-refractivity contribution in [1.82, 2.24) is 14.2 Å². The number of nitrogens with zero attached hydrogens (tertiary/aromatic N) is 4. The van der Waals surface area contributed by atoms with Crippen molar-refractivity contribution in [2.75, 3.05) is 0 Å². The number of halogens is 1. The summed E-state index contributed by atoms with van der Waals surface area (Å²) < 4.78 is 4.69. The topological polar surface area (TPSA) is 52.2 Å². The normalized spacial score (nSPS) is 13.4. The lowest BCUT2D eigenvalue weighted by atomic mass is 9.96. The van der Waals surface area contributed by atoms with Crippen molar-refractivity contribution >= 4 is 44.0 Å². The number of hydrogen-bond acceptors (Lipinski definition) is 3. The second-order valence-electron chi connectivity index (χ2n) is 9.97. The number of rotatable bonds is 5. The average molecular weight is 507 g/mol. The number of para-hydroxylation sites is 1. The number of aromatic nitrogens is 3. The van der Waals surface area contributed by atoms with Crippen molar-refractivity contribution in [1.29, 1.82) is 0 Å². The van der Waals surface area contributed by atoms with E-state index in [0.29, 0.717) is 16.7 Å². The van der Waals surface area contributed by atoms with Crippen molar-refractivity contribution in [3.05, 3.63) is 74.4 Å². The lowest BCUT2D eigenvalue weighted by molar-refractivity contribution is 0.346. The molecule has 0 spiro atoms. The standard InChI is InChI=1S/C27H31BrN4O/c1-7-17(2)25-30-23-13-12-19(28)14-21(23)26(33)32(25)29-15-22-18(3)31(16-27(4,5)6)24-11-9-8-10-20(22)24/h8-15,17H,7,16H2,1-6H3/t17-/m0/s1. The van der Waals surface area contributed by atoms with Crippen LogP contribution in [0.1, 0.15) is 64.0 Å². The molecule has 0 aliphatic heterocycles. The molecule has 4 aromatic rings. The highest BCUT2D eigenvalue weighted by molar-refractivity contribution is 9.10. The van der Waals surface area contributed by atoms with Gasteiger partial charge in [-0.05, 0) is 43.0 Å². The summed E-state index contributed by atoms with van der Waals surface area (Å²) in [5.41, 5.74) is 4.04. The van der Waals surface area contributed by atoms with E-state index in [1.165, 1.54) is 10.2 Å². The minimum absolute atomic E-state index is 0.103. The SMILES string of the molecule is CC[C@H](C)c1nc2ccc(Br)cc2c(=O)n1N=Cc1c(C)n(CC(C)(C)C)c2ccccc12. The lowest BCUT2D eigenvalue weighted by Gasteiger charge is -2.21. The Morgan fingerprint density at radius 3 is 2.58 bits per heavy atom. The third-order valence-corrected chi connectivity index (χ3v) is 6.59. The predicted octanol–water partition coefficient (Wildman–Crippen LogP) is 6.86. The van der Waals surface area contributed by atoms with Crippen LogP contribution in [0.15, 0.2) is 56.8 Å². The predicted molar refractivity (Wildman–Crippen MR) is 142 cm³/mol.